The van der Waals surface area contributed by atoms with Crippen molar-refractivity contribution >= 4 is 27.7 Å². The molecule has 0 radical (unpaired) electrons. The lowest BCUT2D eigenvalue weighted by atomic mass is 10.1. The van der Waals surface area contributed by atoms with E-state index in [1.807, 2.05) is 24.3 Å². The largest absolute Gasteiger partial charge is 0.389 e. The van der Waals surface area contributed by atoms with E-state index < -0.39 is 12.6 Å². The van der Waals surface area contributed by atoms with E-state index >= 15 is 0 Å². The highest BCUT2D eigenvalue weighted by atomic mass is 79.9. The standard InChI is InChI=1S/C13H17BrF3NS/c1-18-11(3-2-8-13(15,16)17)9-19-12-6-4-10(14)5-7-12/h4-7,11,18H,2-3,8-9H2,1H3. The molecule has 1 unspecified atom stereocenters. The van der Waals surface area contributed by atoms with Crippen molar-refractivity contribution in [1.29, 1.82) is 0 Å². The monoisotopic (exact) mass is 355 g/mol. The highest BCUT2D eigenvalue weighted by Crippen LogP contribution is 2.25. The quantitative estimate of drug-likeness (QED) is 0.700. The molecule has 0 aliphatic rings. The van der Waals surface area contributed by atoms with Crippen LogP contribution in [0, 0.1) is 0 Å². The van der Waals surface area contributed by atoms with Gasteiger partial charge >= 0.3 is 6.18 Å². The van der Waals surface area contributed by atoms with Crippen LogP contribution < -0.4 is 5.32 Å². The smallest absolute Gasteiger partial charge is 0.316 e. The Hall–Kier alpha value is -0.200. The first-order chi connectivity index (χ1) is 8.90. The fraction of sp³-hybridized carbons (Fsp3) is 0.538. The molecule has 0 fully saturated rings. The van der Waals surface area contributed by atoms with Crippen LogP contribution in [0.15, 0.2) is 33.6 Å². The van der Waals surface area contributed by atoms with Crippen LogP contribution >= 0.6 is 27.7 Å². The molecular formula is C13H17BrF3NS. The van der Waals surface area contributed by atoms with Gasteiger partial charge in [0.05, 0.1) is 0 Å². The number of benzene rings is 1. The molecule has 0 aliphatic carbocycles. The van der Waals surface area contributed by atoms with Gasteiger partial charge in [-0.1, -0.05) is 15.9 Å². The van der Waals surface area contributed by atoms with E-state index in [0.29, 0.717) is 6.42 Å². The van der Waals surface area contributed by atoms with Crippen LogP contribution in [-0.2, 0) is 0 Å². The van der Waals surface area contributed by atoms with Crippen LogP contribution in [0.5, 0.6) is 0 Å². The van der Waals surface area contributed by atoms with Gasteiger partial charge in [0.15, 0.2) is 0 Å². The molecular weight excluding hydrogens is 339 g/mol. The lowest BCUT2D eigenvalue weighted by Gasteiger charge is -2.16. The normalized spacial score (nSPS) is 13.5. The second-order valence-electron chi connectivity index (χ2n) is 4.26. The fourth-order valence-corrected chi connectivity index (χ4v) is 2.91. The van der Waals surface area contributed by atoms with E-state index in [2.05, 4.69) is 21.2 Å². The SMILES string of the molecule is CNC(CCCC(F)(F)F)CSc1ccc(Br)cc1. The Bertz CT molecular complexity index is 367. The van der Waals surface area contributed by atoms with Crippen molar-refractivity contribution in [2.75, 3.05) is 12.8 Å². The minimum absolute atomic E-state index is 0.107. The molecule has 1 aromatic rings. The number of nitrogens with one attached hydrogen (secondary N) is 1. The van der Waals surface area contributed by atoms with Crippen molar-refractivity contribution in [3.8, 4) is 0 Å². The number of hydrogen-bond acceptors (Lipinski definition) is 2. The third kappa shape index (κ3) is 7.84. The molecule has 108 valence electrons. The zero-order chi connectivity index (χ0) is 14.3. The van der Waals surface area contributed by atoms with E-state index in [1.54, 1.807) is 18.8 Å². The van der Waals surface area contributed by atoms with E-state index in [9.17, 15) is 13.2 Å². The van der Waals surface area contributed by atoms with E-state index in [-0.39, 0.29) is 12.5 Å². The topological polar surface area (TPSA) is 12.0 Å². The molecule has 0 aromatic heterocycles. The van der Waals surface area contributed by atoms with Crippen LogP contribution in [0.4, 0.5) is 13.2 Å². The Morgan fingerprint density at radius 3 is 2.42 bits per heavy atom. The first kappa shape index (κ1) is 16.9. The maximum Gasteiger partial charge on any atom is 0.389 e. The van der Waals surface area contributed by atoms with Crippen molar-refractivity contribution in [3.63, 3.8) is 0 Å². The first-order valence-electron chi connectivity index (χ1n) is 6.03. The Balaban J connectivity index is 2.30. The molecule has 0 spiro atoms. The highest BCUT2D eigenvalue weighted by Gasteiger charge is 2.26. The van der Waals surface area contributed by atoms with Crippen LogP contribution in [0.25, 0.3) is 0 Å². The minimum atomic E-state index is -4.04. The Morgan fingerprint density at radius 2 is 1.89 bits per heavy atom. The van der Waals surface area contributed by atoms with Gasteiger partial charge < -0.3 is 5.32 Å². The van der Waals surface area contributed by atoms with E-state index in [1.165, 1.54) is 0 Å². The predicted molar refractivity (Wildman–Crippen MR) is 77.6 cm³/mol. The molecule has 6 heteroatoms. The Labute approximate surface area is 124 Å². The maximum atomic E-state index is 12.1. The number of alkyl halides is 3. The van der Waals surface area contributed by atoms with Gasteiger partial charge in [-0.15, -0.1) is 11.8 Å². The number of hydrogen-bond donors (Lipinski definition) is 1. The zero-order valence-corrected chi connectivity index (χ0v) is 13.0. The van der Waals surface area contributed by atoms with Crippen LogP contribution in [0.2, 0.25) is 0 Å². The van der Waals surface area contributed by atoms with Crippen molar-refractivity contribution in [1.82, 2.24) is 5.32 Å². The molecule has 1 atom stereocenters. The minimum Gasteiger partial charge on any atom is -0.316 e. The van der Waals surface area contributed by atoms with Gasteiger partial charge in [0.2, 0.25) is 0 Å². The second-order valence-corrected chi connectivity index (χ2v) is 6.27. The molecule has 1 aromatic carbocycles. The molecule has 0 saturated carbocycles. The van der Waals surface area contributed by atoms with Gasteiger partial charge in [0, 0.05) is 27.6 Å². The Kier molecular flexibility index (Phi) is 7.25. The average Bonchev–Trinajstić information content (AvgIpc) is 2.34. The summed E-state index contributed by atoms with van der Waals surface area (Å²) in [4.78, 5) is 1.12. The molecule has 1 rings (SSSR count). The van der Waals surface area contributed by atoms with Crippen molar-refractivity contribution in [2.24, 2.45) is 0 Å². The van der Waals surface area contributed by atoms with E-state index in [0.717, 1.165) is 15.1 Å². The van der Waals surface area contributed by atoms with Crippen molar-refractivity contribution in [2.45, 2.75) is 36.4 Å². The maximum absolute atomic E-state index is 12.1. The summed E-state index contributed by atoms with van der Waals surface area (Å²) in [6.07, 6.45) is -4.03. The summed E-state index contributed by atoms with van der Waals surface area (Å²) in [5, 5.41) is 3.07. The molecule has 0 aliphatic heterocycles. The predicted octanol–water partition coefficient (Wildman–Crippen LogP) is 4.86. The molecule has 0 heterocycles. The summed E-state index contributed by atoms with van der Waals surface area (Å²) in [5.41, 5.74) is 0. The summed E-state index contributed by atoms with van der Waals surface area (Å²) in [5.74, 6) is 0.774. The van der Waals surface area contributed by atoms with Gasteiger partial charge in [0.1, 0.15) is 0 Å². The van der Waals surface area contributed by atoms with Gasteiger partial charge in [-0.25, -0.2) is 0 Å². The van der Waals surface area contributed by atoms with E-state index in [4.69, 9.17) is 0 Å². The molecule has 0 bridgehead atoms. The van der Waals surface area contributed by atoms with Crippen molar-refractivity contribution < 1.29 is 13.2 Å². The number of rotatable bonds is 7. The lowest BCUT2D eigenvalue weighted by molar-refractivity contribution is -0.135. The van der Waals surface area contributed by atoms with Gasteiger partial charge in [-0.05, 0) is 44.2 Å². The third-order valence-corrected chi connectivity index (χ3v) is 4.39. The summed E-state index contributed by atoms with van der Waals surface area (Å²) in [6, 6.07) is 8.02. The molecule has 0 amide bonds. The summed E-state index contributed by atoms with van der Waals surface area (Å²) >= 11 is 5.02. The van der Waals surface area contributed by atoms with Crippen LogP contribution in [0.1, 0.15) is 19.3 Å². The van der Waals surface area contributed by atoms with Crippen LogP contribution in [-0.4, -0.2) is 25.0 Å². The third-order valence-electron chi connectivity index (χ3n) is 2.69. The zero-order valence-electron chi connectivity index (χ0n) is 10.6. The average molecular weight is 356 g/mol. The summed E-state index contributed by atoms with van der Waals surface area (Å²) < 4.78 is 37.2. The summed E-state index contributed by atoms with van der Waals surface area (Å²) in [7, 11) is 1.79. The summed E-state index contributed by atoms with van der Waals surface area (Å²) in [6.45, 7) is 0. The second kappa shape index (κ2) is 8.17. The Morgan fingerprint density at radius 1 is 1.26 bits per heavy atom. The molecule has 0 saturated heterocycles. The van der Waals surface area contributed by atoms with Gasteiger partial charge in [-0.3, -0.25) is 0 Å². The molecule has 1 nitrogen and oxygen atoms in total. The number of halogens is 4. The number of thioether (sulfide) groups is 1. The molecule has 1 N–H and O–H groups in total. The van der Waals surface area contributed by atoms with Gasteiger partial charge in [-0.2, -0.15) is 13.2 Å². The van der Waals surface area contributed by atoms with Crippen LogP contribution in [0.3, 0.4) is 0 Å². The lowest BCUT2D eigenvalue weighted by Crippen LogP contribution is -2.28. The first-order valence-corrected chi connectivity index (χ1v) is 7.81. The molecule has 19 heavy (non-hydrogen) atoms. The highest BCUT2D eigenvalue weighted by molar-refractivity contribution is 9.10. The van der Waals surface area contributed by atoms with Crippen molar-refractivity contribution in [3.05, 3.63) is 28.7 Å². The van der Waals surface area contributed by atoms with Gasteiger partial charge in [0.25, 0.3) is 0 Å². The fourth-order valence-electron chi connectivity index (χ4n) is 1.59.